The second-order valence-corrected chi connectivity index (χ2v) is 6.86. The van der Waals surface area contributed by atoms with Crippen LogP contribution < -0.4 is 5.32 Å². The van der Waals surface area contributed by atoms with Gasteiger partial charge in [0, 0.05) is 12.6 Å². The highest BCUT2D eigenvalue weighted by atomic mass is 35.5. The van der Waals surface area contributed by atoms with Crippen molar-refractivity contribution in [3.05, 3.63) is 47.5 Å². The summed E-state index contributed by atoms with van der Waals surface area (Å²) in [6, 6.07) is 6.93. The molecule has 1 aliphatic heterocycles. The van der Waals surface area contributed by atoms with Gasteiger partial charge in [-0.2, -0.15) is 0 Å². The van der Waals surface area contributed by atoms with Crippen LogP contribution in [0.4, 0.5) is 4.39 Å². The van der Waals surface area contributed by atoms with Gasteiger partial charge in [-0.05, 0) is 56.5 Å². The minimum atomic E-state index is -0.280. The Labute approximate surface area is 158 Å². The summed E-state index contributed by atoms with van der Waals surface area (Å²) in [6.45, 7) is 2.32. The van der Waals surface area contributed by atoms with Crippen molar-refractivity contribution in [3.63, 3.8) is 0 Å². The van der Waals surface area contributed by atoms with Gasteiger partial charge < -0.3 is 10.2 Å². The maximum absolute atomic E-state index is 13.4. The van der Waals surface area contributed by atoms with Gasteiger partial charge in [0.1, 0.15) is 5.82 Å². The Kier molecular flexibility index (Phi) is 5.88. The number of halogens is 2. The van der Waals surface area contributed by atoms with E-state index in [-0.39, 0.29) is 30.2 Å². The van der Waals surface area contributed by atoms with Crippen LogP contribution in [0.3, 0.4) is 0 Å². The highest BCUT2D eigenvalue weighted by Crippen LogP contribution is 2.30. The van der Waals surface area contributed by atoms with Gasteiger partial charge in [-0.3, -0.25) is 4.79 Å². The molecule has 1 saturated heterocycles. The molecule has 1 amide bonds. The Bertz CT molecular complexity index is 758. The maximum Gasteiger partial charge on any atom is 0.276 e. The van der Waals surface area contributed by atoms with Crippen LogP contribution in [-0.4, -0.2) is 44.9 Å². The van der Waals surface area contributed by atoms with Crippen LogP contribution >= 0.6 is 12.4 Å². The van der Waals surface area contributed by atoms with Crippen LogP contribution in [-0.2, 0) is 6.54 Å². The van der Waals surface area contributed by atoms with Crippen LogP contribution in [0.25, 0.3) is 0 Å². The Hall–Kier alpha value is -1.99. The van der Waals surface area contributed by atoms with Gasteiger partial charge in [0.15, 0.2) is 5.69 Å². The summed E-state index contributed by atoms with van der Waals surface area (Å²) in [5.41, 5.74) is 1.17. The zero-order valence-electron chi connectivity index (χ0n) is 14.5. The van der Waals surface area contributed by atoms with Crippen molar-refractivity contribution in [3.8, 4) is 0 Å². The summed E-state index contributed by atoms with van der Waals surface area (Å²) in [5.74, 6) is -0.399. The summed E-state index contributed by atoms with van der Waals surface area (Å²) < 4.78 is 15.3. The minimum Gasteiger partial charge on any atom is -0.330 e. The molecule has 0 unspecified atom stereocenters. The summed E-state index contributed by atoms with van der Waals surface area (Å²) in [5, 5.41) is 11.6. The lowest BCUT2D eigenvalue weighted by Crippen LogP contribution is -2.33. The number of nitrogens with one attached hydrogen (secondary N) is 1. The highest BCUT2D eigenvalue weighted by molar-refractivity contribution is 5.92. The molecule has 0 radical (unpaired) electrons. The summed E-state index contributed by atoms with van der Waals surface area (Å²) in [6.07, 6.45) is 5.73. The molecule has 140 valence electrons. The molecular formula is C18H23ClFN5O. The molecule has 1 N–H and O–H groups in total. The molecule has 6 nitrogen and oxygen atoms in total. The molecule has 0 bridgehead atoms. The fraction of sp³-hybridized carbons (Fsp3) is 0.500. The fourth-order valence-electron chi connectivity index (χ4n) is 3.36. The van der Waals surface area contributed by atoms with E-state index in [2.05, 4.69) is 15.6 Å². The zero-order valence-corrected chi connectivity index (χ0v) is 15.3. The average molecular weight is 380 g/mol. The van der Waals surface area contributed by atoms with E-state index in [1.807, 2.05) is 10.7 Å². The standard InChI is InChI=1S/C18H22FN5O.ClH/c19-14-3-1-2-13(10-14)11-23(15-4-5-15)18(25)17-12-24(22-21-17)16-6-8-20-9-7-16;/h1-3,10,12,15-16,20H,4-9,11H2;1H. The van der Waals surface area contributed by atoms with Crippen LogP contribution in [0, 0.1) is 5.82 Å². The van der Waals surface area contributed by atoms with E-state index >= 15 is 0 Å². The smallest absolute Gasteiger partial charge is 0.276 e. The third-order valence-electron chi connectivity index (χ3n) is 4.90. The van der Waals surface area contributed by atoms with Crippen molar-refractivity contribution in [2.75, 3.05) is 13.1 Å². The van der Waals surface area contributed by atoms with Gasteiger partial charge in [-0.15, -0.1) is 17.5 Å². The van der Waals surface area contributed by atoms with E-state index in [9.17, 15) is 9.18 Å². The monoisotopic (exact) mass is 379 g/mol. The molecule has 1 saturated carbocycles. The first-order valence-electron chi connectivity index (χ1n) is 8.88. The van der Waals surface area contributed by atoms with Crippen molar-refractivity contribution in [1.29, 1.82) is 0 Å². The fourth-order valence-corrected chi connectivity index (χ4v) is 3.36. The molecule has 2 aromatic rings. The van der Waals surface area contributed by atoms with Crippen molar-refractivity contribution < 1.29 is 9.18 Å². The predicted octanol–water partition coefficient (Wildman–Crippen LogP) is 2.57. The number of hydrogen-bond donors (Lipinski definition) is 1. The van der Waals surface area contributed by atoms with E-state index in [1.54, 1.807) is 17.2 Å². The minimum absolute atomic E-state index is 0. The summed E-state index contributed by atoms with van der Waals surface area (Å²) in [7, 11) is 0. The van der Waals surface area contributed by atoms with Gasteiger partial charge in [0.05, 0.1) is 12.2 Å². The molecule has 1 aromatic carbocycles. The van der Waals surface area contributed by atoms with Gasteiger partial charge >= 0.3 is 0 Å². The van der Waals surface area contributed by atoms with Crippen molar-refractivity contribution in [2.24, 2.45) is 0 Å². The quantitative estimate of drug-likeness (QED) is 0.867. The maximum atomic E-state index is 13.4. The molecule has 1 aromatic heterocycles. The summed E-state index contributed by atoms with van der Waals surface area (Å²) >= 11 is 0. The van der Waals surface area contributed by atoms with Gasteiger partial charge in [-0.25, -0.2) is 9.07 Å². The molecule has 8 heteroatoms. The largest absolute Gasteiger partial charge is 0.330 e. The molecular weight excluding hydrogens is 357 g/mol. The number of aromatic nitrogens is 3. The Morgan fingerprint density at radius 1 is 1.27 bits per heavy atom. The lowest BCUT2D eigenvalue weighted by atomic mass is 10.1. The predicted molar refractivity (Wildman–Crippen MR) is 97.7 cm³/mol. The SMILES string of the molecule is Cl.O=C(c1cn(C2CCNCC2)nn1)N(Cc1cccc(F)c1)C1CC1. The number of piperidine rings is 1. The van der Waals surface area contributed by atoms with E-state index in [0.29, 0.717) is 18.3 Å². The molecule has 0 spiro atoms. The lowest BCUT2D eigenvalue weighted by molar-refractivity contribution is 0.0723. The van der Waals surface area contributed by atoms with Crippen LogP contribution in [0.2, 0.25) is 0 Å². The topological polar surface area (TPSA) is 63.1 Å². The average Bonchev–Trinajstić information content (AvgIpc) is 3.35. The number of carbonyl (C=O) groups excluding carboxylic acids is 1. The highest BCUT2D eigenvalue weighted by Gasteiger charge is 2.34. The number of carbonyl (C=O) groups is 1. The Balaban J connectivity index is 0.00000196. The number of amides is 1. The van der Waals surface area contributed by atoms with Crippen LogP contribution in [0.5, 0.6) is 0 Å². The molecule has 2 heterocycles. The third-order valence-corrected chi connectivity index (χ3v) is 4.90. The molecule has 2 aliphatic rings. The number of benzene rings is 1. The normalized spacial score (nSPS) is 17.6. The van der Waals surface area contributed by atoms with Crippen LogP contribution in [0.1, 0.15) is 47.8 Å². The van der Waals surface area contributed by atoms with Crippen molar-refractivity contribution in [2.45, 2.75) is 44.3 Å². The number of nitrogens with zero attached hydrogens (tertiary/aromatic N) is 4. The third kappa shape index (κ3) is 4.22. The second-order valence-electron chi connectivity index (χ2n) is 6.86. The van der Waals surface area contributed by atoms with Gasteiger partial charge in [-0.1, -0.05) is 17.3 Å². The molecule has 0 atom stereocenters. The molecule has 26 heavy (non-hydrogen) atoms. The second kappa shape index (κ2) is 8.14. The Morgan fingerprint density at radius 3 is 2.73 bits per heavy atom. The van der Waals surface area contributed by atoms with E-state index < -0.39 is 0 Å². The number of hydrogen-bond acceptors (Lipinski definition) is 4. The lowest BCUT2D eigenvalue weighted by Gasteiger charge is -2.22. The van der Waals surface area contributed by atoms with E-state index in [0.717, 1.165) is 44.3 Å². The van der Waals surface area contributed by atoms with E-state index in [4.69, 9.17) is 0 Å². The first-order chi connectivity index (χ1) is 12.2. The number of rotatable bonds is 5. The van der Waals surface area contributed by atoms with E-state index in [1.165, 1.54) is 12.1 Å². The molecule has 1 aliphatic carbocycles. The van der Waals surface area contributed by atoms with Crippen molar-refractivity contribution >= 4 is 18.3 Å². The molecule has 4 rings (SSSR count). The van der Waals surface area contributed by atoms with Crippen LogP contribution in [0.15, 0.2) is 30.5 Å². The zero-order chi connectivity index (χ0) is 17.2. The first kappa shape index (κ1) is 18.8. The molecule has 2 fully saturated rings. The first-order valence-corrected chi connectivity index (χ1v) is 8.88. The Morgan fingerprint density at radius 2 is 2.04 bits per heavy atom. The van der Waals surface area contributed by atoms with Gasteiger partial charge in [0.25, 0.3) is 5.91 Å². The van der Waals surface area contributed by atoms with Crippen molar-refractivity contribution in [1.82, 2.24) is 25.2 Å². The van der Waals surface area contributed by atoms with Gasteiger partial charge in [0.2, 0.25) is 0 Å². The summed E-state index contributed by atoms with van der Waals surface area (Å²) in [4.78, 5) is 14.7.